The molecule has 2 aromatic carbocycles. The number of hydrogen-bond donors (Lipinski definition) is 4. The number of aromatic amines is 2. The summed E-state index contributed by atoms with van der Waals surface area (Å²) in [6.45, 7) is 1.79. The van der Waals surface area contributed by atoms with E-state index in [1.54, 1.807) is 25.1 Å². The maximum atomic E-state index is 12.7. The Morgan fingerprint density at radius 3 is 2.25 bits per heavy atom. The molecule has 142 valence electrons. The summed E-state index contributed by atoms with van der Waals surface area (Å²) in [6.07, 6.45) is 0. The SMILES string of the molecule is Cc1cccc(C(=O)N[C@H](C(N)=O)C(=O)c2ccc3c(=O)[nH][nH]c(=O)c3c2)c1. The van der Waals surface area contributed by atoms with Gasteiger partial charge in [0.25, 0.3) is 17.0 Å². The van der Waals surface area contributed by atoms with Gasteiger partial charge in [-0.1, -0.05) is 23.8 Å². The molecule has 0 aliphatic heterocycles. The van der Waals surface area contributed by atoms with Crippen molar-refractivity contribution in [3.8, 4) is 0 Å². The third-order valence-corrected chi connectivity index (χ3v) is 4.19. The summed E-state index contributed by atoms with van der Waals surface area (Å²) < 4.78 is 0. The predicted molar refractivity (Wildman–Crippen MR) is 101 cm³/mol. The Bertz CT molecular complexity index is 1220. The molecule has 3 rings (SSSR count). The molecule has 1 heterocycles. The lowest BCUT2D eigenvalue weighted by molar-refractivity contribution is -0.118. The summed E-state index contributed by atoms with van der Waals surface area (Å²) in [5.41, 5.74) is 5.21. The minimum Gasteiger partial charge on any atom is -0.367 e. The van der Waals surface area contributed by atoms with E-state index in [2.05, 4.69) is 15.5 Å². The van der Waals surface area contributed by atoms with Crippen LogP contribution in [-0.2, 0) is 4.79 Å². The van der Waals surface area contributed by atoms with Crippen LogP contribution in [0, 0.1) is 6.92 Å². The van der Waals surface area contributed by atoms with E-state index in [0.29, 0.717) is 0 Å². The van der Waals surface area contributed by atoms with Crippen molar-refractivity contribution in [2.24, 2.45) is 5.73 Å². The van der Waals surface area contributed by atoms with Gasteiger partial charge in [0.1, 0.15) is 0 Å². The van der Waals surface area contributed by atoms with E-state index in [4.69, 9.17) is 5.73 Å². The molecule has 0 unspecified atom stereocenters. The zero-order valence-corrected chi connectivity index (χ0v) is 14.7. The lowest BCUT2D eigenvalue weighted by Gasteiger charge is -2.15. The van der Waals surface area contributed by atoms with Gasteiger partial charge >= 0.3 is 0 Å². The second kappa shape index (κ2) is 7.31. The number of rotatable bonds is 5. The normalized spacial score (nSPS) is 11.8. The number of aryl methyl sites for hydroxylation is 1. The van der Waals surface area contributed by atoms with Gasteiger partial charge in [0.15, 0.2) is 11.8 Å². The third kappa shape index (κ3) is 3.58. The first kappa shape index (κ1) is 18.8. The summed E-state index contributed by atoms with van der Waals surface area (Å²) in [6, 6.07) is 8.71. The van der Waals surface area contributed by atoms with Crippen molar-refractivity contribution in [3.05, 3.63) is 79.9 Å². The molecule has 0 aliphatic rings. The standard InChI is InChI=1S/C19H16N4O5/c1-9-3-2-4-11(7-9)17(26)21-14(16(20)25)15(24)10-5-6-12-13(8-10)19(28)23-22-18(12)27/h2-8,14H,1H3,(H2,20,25)(H,21,26)(H,22,27)(H,23,28)/t14-/m0/s1. The number of ketones is 1. The number of primary amides is 1. The van der Waals surface area contributed by atoms with Gasteiger partial charge in [0, 0.05) is 11.1 Å². The van der Waals surface area contributed by atoms with Gasteiger partial charge in [-0.05, 0) is 31.2 Å². The van der Waals surface area contributed by atoms with Crippen LogP contribution in [0.5, 0.6) is 0 Å². The van der Waals surface area contributed by atoms with Gasteiger partial charge in [-0.15, -0.1) is 0 Å². The van der Waals surface area contributed by atoms with Crippen molar-refractivity contribution < 1.29 is 14.4 Å². The second-order valence-corrected chi connectivity index (χ2v) is 6.21. The molecule has 9 nitrogen and oxygen atoms in total. The molecule has 5 N–H and O–H groups in total. The summed E-state index contributed by atoms with van der Waals surface area (Å²) >= 11 is 0. The van der Waals surface area contributed by atoms with Crippen molar-refractivity contribution >= 4 is 28.4 Å². The minimum atomic E-state index is -1.63. The van der Waals surface area contributed by atoms with E-state index in [9.17, 15) is 24.0 Å². The molecule has 0 bridgehead atoms. The molecule has 0 saturated heterocycles. The molecule has 0 aliphatic carbocycles. The average molecular weight is 380 g/mol. The van der Waals surface area contributed by atoms with Crippen LogP contribution in [0.15, 0.2) is 52.1 Å². The molecular weight excluding hydrogens is 364 g/mol. The van der Waals surface area contributed by atoms with Crippen LogP contribution in [0.25, 0.3) is 10.8 Å². The maximum Gasteiger partial charge on any atom is 0.270 e. The Morgan fingerprint density at radius 1 is 0.929 bits per heavy atom. The highest BCUT2D eigenvalue weighted by molar-refractivity contribution is 6.16. The molecule has 0 fully saturated rings. The van der Waals surface area contributed by atoms with E-state index in [-0.39, 0.29) is 21.9 Å². The number of nitrogens with two attached hydrogens (primary N) is 1. The average Bonchev–Trinajstić information content (AvgIpc) is 2.67. The number of hydrogen-bond acceptors (Lipinski definition) is 5. The third-order valence-electron chi connectivity index (χ3n) is 4.19. The lowest BCUT2D eigenvalue weighted by Crippen LogP contribution is -2.49. The van der Waals surface area contributed by atoms with Crippen LogP contribution in [-0.4, -0.2) is 33.8 Å². The van der Waals surface area contributed by atoms with Crippen LogP contribution in [0.1, 0.15) is 26.3 Å². The number of Topliss-reactive ketones (excluding diaryl/α,β-unsaturated/α-hetero) is 1. The van der Waals surface area contributed by atoms with E-state index in [1.807, 2.05) is 0 Å². The van der Waals surface area contributed by atoms with Gasteiger partial charge < -0.3 is 11.1 Å². The topological polar surface area (TPSA) is 155 Å². The fourth-order valence-electron chi connectivity index (χ4n) is 2.76. The molecule has 0 saturated carbocycles. The van der Waals surface area contributed by atoms with Crippen LogP contribution in [0.3, 0.4) is 0 Å². The van der Waals surface area contributed by atoms with Crippen LogP contribution < -0.4 is 22.2 Å². The van der Waals surface area contributed by atoms with Crippen LogP contribution in [0.4, 0.5) is 0 Å². The zero-order chi connectivity index (χ0) is 20.4. The largest absolute Gasteiger partial charge is 0.367 e. The number of fused-ring (bicyclic) bond motifs is 1. The molecule has 0 radical (unpaired) electrons. The van der Waals surface area contributed by atoms with Crippen LogP contribution in [0.2, 0.25) is 0 Å². The first-order valence-corrected chi connectivity index (χ1v) is 8.23. The molecule has 9 heteroatoms. The molecule has 2 amide bonds. The predicted octanol–water partition coefficient (Wildman–Crippen LogP) is -0.00858. The Kier molecular flexibility index (Phi) is 4.90. The molecule has 1 atom stereocenters. The number of benzene rings is 2. The zero-order valence-electron chi connectivity index (χ0n) is 14.7. The second-order valence-electron chi connectivity index (χ2n) is 6.21. The highest BCUT2D eigenvalue weighted by atomic mass is 16.2. The van der Waals surface area contributed by atoms with Gasteiger partial charge in [-0.2, -0.15) is 0 Å². The smallest absolute Gasteiger partial charge is 0.270 e. The molecule has 3 aromatic rings. The number of carbonyl (C=O) groups excluding carboxylic acids is 3. The number of aromatic nitrogens is 2. The number of amides is 2. The van der Waals surface area contributed by atoms with Crippen molar-refractivity contribution in [1.82, 2.24) is 15.5 Å². The molecule has 28 heavy (non-hydrogen) atoms. The van der Waals surface area contributed by atoms with Crippen molar-refractivity contribution in [3.63, 3.8) is 0 Å². The molecular formula is C19H16N4O5. The summed E-state index contributed by atoms with van der Waals surface area (Å²) in [5, 5.41) is 6.70. The fourth-order valence-corrected chi connectivity index (χ4v) is 2.76. The van der Waals surface area contributed by atoms with Gasteiger partial charge in [-0.3, -0.25) is 34.2 Å². The van der Waals surface area contributed by atoms with Gasteiger partial charge in [0.05, 0.1) is 10.8 Å². The van der Waals surface area contributed by atoms with Crippen molar-refractivity contribution in [2.45, 2.75) is 13.0 Å². The van der Waals surface area contributed by atoms with Gasteiger partial charge in [-0.25, -0.2) is 0 Å². The fraction of sp³-hybridized carbons (Fsp3) is 0.105. The maximum absolute atomic E-state index is 12.7. The summed E-state index contributed by atoms with van der Waals surface area (Å²) in [5.74, 6) is -2.49. The van der Waals surface area contributed by atoms with E-state index >= 15 is 0 Å². The minimum absolute atomic E-state index is 0.0252. The van der Waals surface area contributed by atoms with Gasteiger partial charge in [0.2, 0.25) is 5.91 Å². The van der Waals surface area contributed by atoms with E-state index < -0.39 is 34.8 Å². The number of carbonyl (C=O) groups is 3. The highest BCUT2D eigenvalue weighted by Gasteiger charge is 2.28. The number of nitrogens with one attached hydrogen (secondary N) is 3. The van der Waals surface area contributed by atoms with Crippen LogP contribution >= 0.6 is 0 Å². The number of H-pyrrole nitrogens is 2. The Balaban J connectivity index is 1.95. The summed E-state index contributed by atoms with van der Waals surface area (Å²) in [4.78, 5) is 60.6. The Labute approximate surface area is 157 Å². The highest BCUT2D eigenvalue weighted by Crippen LogP contribution is 2.12. The Morgan fingerprint density at radius 2 is 1.61 bits per heavy atom. The quantitative estimate of drug-likeness (QED) is 0.362. The lowest BCUT2D eigenvalue weighted by atomic mass is 10.0. The molecule has 0 spiro atoms. The first-order valence-electron chi connectivity index (χ1n) is 8.23. The first-order chi connectivity index (χ1) is 13.3. The van der Waals surface area contributed by atoms with E-state index in [0.717, 1.165) is 5.56 Å². The monoisotopic (exact) mass is 380 g/mol. The van der Waals surface area contributed by atoms with Crippen molar-refractivity contribution in [2.75, 3.05) is 0 Å². The summed E-state index contributed by atoms with van der Waals surface area (Å²) in [7, 11) is 0. The van der Waals surface area contributed by atoms with E-state index in [1.165, 1.54) is 24.3 Å². The van der Waals surface area contributed by atoms with Crippen molar-refractivity contribution in [1.29, 1.82) is 0 Å². The molecule has 1 aromatic heterocycles. The Hall–Kier alpha value is -4.01.